The lowest BCUT2D eigenvalue weighted by Gasteiger charge is -2.06. The Morgan fingerprint density at radius 1 is 0.840 bits per heavy atom. The summed E-state index contributed by atoms with van der Waals surface area (Å²) in [6.07, 6.45) is 0.919. The third-order valence-corrected chi connectivity index (χ3v) is 3.82. The Balaban J connectivity index is 1.68. The highest BCUT2D eigenvalue weighted by Crippen LogP contribution is 2.14. The van der Waals surface area contributed by atoms with Gasteiger partial charge in [-0.25, -0.2) is 4.98 Å². The largest absolute Gasteiger partial charge is 0.399 e. The molecule has 0 aliphatic rings. The van der Waals surface area contributed by atoms with E-state index >= 15 is 0 Å². The number of hydrogen-bond acceptors (Lipinski definition) is 6. The Kier molecular flexibility index (Phi) is 4.61. The molecule has 126 valence electrons. The Bertz CT molecular complexity index is 868. The van der Waals surface area contributed by atoms with Crippen molar-refractivity contribution >= 4 is 23.2 Å². The van der Waals surface area contributed by atoms with Gasteiger partial charge in [0.15, 0.2) is 5.78 Å². The number of rotatable bonds is 5. The molecule has 25 heavy (non-hydrogen) atoms. The zero-order chi connectivity index (χ0) is 17.8. The summed E-state index contributed by atoms with van der Waals surface area (Å²) in [6.45, 7) is 0. The first-order valence-corrected chi connectivity index (χ1v) is 7.85. The molecule has 0 fully saturated rings. The van der Waals surface area contributed by atoms with Gasteiger partial charge in [0.1, 0.15) is 5.82 Å². The summed E-state index contributed by atoms with van der Waals surface area (Å²) in [4.78, 5) is 20.4. The average Bonchev–Trinajstić information content (AvgIpc) is 2.56. The van der Waals surface area contributed by atoms with Crippen LogP contribution < -0.4 is 17.2 Å². The second-order valence-electron chi connectivity index (χ2n) is 5.86. The molecule has 1 aromatic heterocycles. The zero-order valence-corrected chi connectivity index (χ0v) is 13.6. The minimum absolute atomic E-state index is 0.0619. The normalized spacial score (nSPS) is 10.6. The molecule has 0 radical (unpaired) electrons. The SMILES string of the molecule is Nc1ccc(CC(=O)c2ccc(Cc3cc(N)nc(N)n3)cc2)cc1. The molecule has 0 bridgehead atoms. The lowest BCUT2D eigenvalue weighted by atomic mass is 10.0. The van der Waals surface area contributed by atoms with Gasteiger partial charge in [-0.3, -0.25) is 4.79 Å². The second-order valence-corrected chi connectivity index (χ2v) is 5.86. The Morgan fingerprint density at radius 3 is 2.12 bits per heavy atom. The summed E-state index contributed by atoms with van der Waals surface area (Å²) < 4.78 is 0. The quantitative estimate of drug-likeness (QED) is 0.486. The number of Topliss-reactive ketones (excluding diaryl/α,β-unsaturated/α-hetero) is 1. The molecule has 0 spiro atoms. The molecule has 0 saturated carbocycles. The van der Waals surface area contributed by atoms with Crippen molar-refractivity contribution in [1.82, 2.24) is 9.97 Å². The summed E-state index contributed by atoms with van der Waals surface area (Å²) >= 11 is 0. The highest BCUT2D eigenvalue weighted by atomic mass is 16.1. The fraction of sp³-hybridized carbons (Fsp3) is 0.105. The summed E-state index contributed by atoms with van der Waals surface area (Å²) in [6, 6.07) is 16.5. The number of carbonyl (C=O) groups is 1. The summed E-state index contributed by atoms with van der Waals surface area (Å²) in [7, 11) is 0. The predicted molar refractivity (Wildman–Crippen MR) is 99.0 cm³/mol. The zero-order valence-electron chi connectivity index (χ0n) is 13.6. The van der Waals surface area contributed by atoms with E-state index in [2.05, 4.69) is 9.97 Å². The van der Waals surface area contributed by atoms with Gasteiger partial charge in [-0.15, -0.1) is 0 Å². The molecule has 0 aliphatic carbocycles. The van der Waals surface area contributed by atoms with E-state index in [4.69, 9.17) is 17.2 Å². The monoisotopic (exact) mass is 333 g/mol. The minimum atomic E-state index is 0.0619. The van der Waals surface area contributed by atoms with Crippen LogP contribution in [0.25, 0.3) is 0 Å². The molecule has 6 N–H and O–H groups in total. The smallest absolute Gasteiger partial charge is 0.222 e. The summed E-state index contributed by atoms with van der Waals surface area (Å²) in [5.74, 6) is 0.565. The van der Waals surface area contributed by atoms with Crippen LogP contribution in [0.4, 0.5) is 17.5 Å². The van der Waals surface area contributed by atoms with Crippen LogP contribution in [0.1, 0.15) is 27.2 Å². The number of hydrogen-bond donors (Lipinski definition) is 3. The van der Waals surface area contributed by atoms with Gasteiger partial charge in [-0.05, 0) is 23.3 Å². The van der Waals surface area contributed by atoms with Crippen LogP contribution in [0.5, 0.6) is 0 Å². The second kappa shape index (κ2) is 7.00. The van der Waals surface area contributed by atoms with Gasteiger partial charge in [-0.1, -0.05) is 36.4 Å². The number of carbonyl (C=O) groups excluding carboxylic acids is 1. The van der Waals surface area contributed by atoms with Crippen LogP contribution in [0.15, 0.2) is 54.6 Å². The Morgan fingerprint density at radius 2 is 1.48 bits per heavy atom. The molecule has 6 nitrogen and oxygen atoms in total. The molecule has 2 aromatic carbocycles. The molecule has 0 unspecified atom stereocenters. The highest BCUT2D eigenvalue weighted by molar-refractivity contribution is 5.97. The van der Waals surface area contributed by atoms with Crippen molar-refractivity contribution in [2.45, 2.75) is 12.8 Å². The maximum absolute atomic E-state index is 12.4. The fourth-order valence-corrected chi connectivity index (χ4v) is 2.57. The van der Waals surface area contributed by atoms with Crippen molar-refractivity contribution in [2.24, 2.45) is 0 Å². The number of aromatic nitrogens is 2. The van der Waals surface area contributed by atoms with Crippen LogP contribution in [-0.2, 0) is 12.8 Å². The standard InChI is InChI=1S/C19H19N5O/c20-15-7-3-13(4-8-15)10-17(25)14-5-1-12(2-6-14)9-16-11-18(21)24-19(22)23-16/h1-8,11H,9-10,20H2,(H4,21,22,23,24). The maximum Gasteiger partial charge on any atom is 0.222 e. The molecule has 0 aliphatic heterocycles. The van der Waals surface area contributed by atoms with Crippen LogP contribution in [0.3, 0.4) is 0 Å². The maximum atomic E-state index is 12.4. The van der Waals surface area contributed by atoms with Gasteiger partial charge in [0, 0.05) is 30.2 Å². The molecular weight excluding hydrogens is 314 g/mol. The Labute approximate surface area is 145 Å². The first-order chi connectivity index (χ1) is 12.0. The number of nitrogens with two attached hydrogens (primary N) is 3. The van der Waals surface area contributed by atoms with E-state index in [1.54, 1.807) is 18.2 Å². The van der Waals surface area contributed by atoms with Gasteiger partial charge in [0.25, 0.3) is 0 Å². The number of nitrogens with zero attached hydrogens (tertiary/aromatic N) is 2. The molecular formula is C19H19N5O. The molecule has 0 atom stereocenters. The van der Waals surface area contributed by atoms with E-state index in [0.29, 0.717) is 29.9 Å². The van der Waals surface area contributed by atoms with Crippen LogP contribution in [-0.4, -0.2) is 15.8 Å². The first-order valence-electron chi connectivity index (χ1n) is 7.85. The molecule has 1 heterocycles. The average molecular weight is 333 g/mol. The lowest BCUT2D eigenvalue weighted by Crippen LogP contribution is -2.05. The molecule has 3 rings (SSSR count). The van der Waals surface area contributed by atoms with Crippen molar-refractivity contribution in [3.05, 3.63) is 77.0 Å². The van der Waals surface area contributed by atoms with Gasteiger partial charge < -0.3 is 17.2 Å². The molecule has 6 heteroatoms. The third-order valence-electron chi connectivity index (χ3n) is 3.82. The topological polar surface area (TPSA) is 121 Å². The van der Waals surface area contributed by atoms with E-state index in [1.165, 1.54) is 0 Å². The third kappa shape index (κ3) is 4.32. The van der Waals surface area contributed by atoms with Crippen molar-refractivity contribution in [2.75, 3.05) is 17.2 Å². The van der Waals surface area contributed by atoms with E-state index in [-0.39, 0.29) is 11.7 Å². The van der Waals surface area contributed by atoms with Crippen molar-refractivity contribution in [3.63, 3.8) is 0 Å². The van der Waals surface area contributed by atoms with E-state index in [0.717, 1.165) is 16.8 Å². The van der Waals surface area contributed by atoms with Crippen LogP contribution in [0.2, 0.25) is 0 Å². The van der Waals surface area contributed by atoms with E-state index < -0.39 is 0 Å². The number of ketones is 1. The molecule has 3 aromatic rings. The van der Waals surface area contributed by atoms with E-state index in [1.807, 2.05) is 36.4 Å². The molecule has 0 amide bonds. The Hall–Kier alpha value is -3.41. The van der Waals surface area contributed by atoms with Crippen LogP contribution >= 0.6 is 0 Å². The number of nitrogen functional groups attached to an aromatic ring is 3. The number of benzene rings is 2. The van der Waals surface area contributed by atoms with E-state index in [9.17, 15) is 4.79 Å². The van der Waals surface area contributed by atoms with Crippen LogP contribution in [0, 0.1) is 0 Å². The van der Waals surface area contributed by atoms with Crippen molar-refractivity contribution in [1.29, 1.82) is 0 Å². The summed E-state index contributed by atoms with van der Waals surface area (Å²) in [5, 5.41) is 0. The highest BCUT2D eigenvalue weighted by Gasteiger charge is 2.08. The van der Waals surface area contributed by atoms with Gasteiger partial charge in [0.2, 0.25) is 5.95 Å². The first kappa shape index (κ1) is 16.4. The van der Waals surface area contributed by atoms with Crippen molar-refractivity contribution in [3.8, 4) is 0 Å². The minimum Gasteiger partial charge on any atom is -0.399 e. The predicted octanol–water partition coefficient (Wildman–Crippen LogP) is 2.24. The van der Waals surface area contributed by atoms with Gasteiger partial charge >= 0.3 is 0 Å². The van der Waals surface area contributed by atoms with Gasteiger partial charge in [0.05, 0.1) is 5.69 Å². The van der Waals surface area contributed by atoms with Crippen molar-refractivity contribution < 1.29 is 4.79 Å². The molecule has 0 saturated heterocycles. The summed E-state index contributed by atoms with van der Waals surface area (Å²) in [5.41, 5.74) is 21.0. The fourth-order valence-electron chi connectivity index (χ4n) is 2.57. The number of anilines is 3. The lowest BCUT2D eigenvalue weighted by molar-refractivity contribution is 0.0993. The van der Waals surface area contributed by atoms with Gasteiger partial charge in [-0.2, -0.15) is 4.98 Å².